The largest absolute Gasteiger partial charge is 0.488 e. The molecule has 1 unspecified atom stereocenters. The molecular weight excluding hydrogens is 284 g/mol. The average molecular weight is 299 g/mol. The second-order valence-corrected chi connectivity index (χ2v) is 5.57. The Kier molecular flexibility index (Phi) is 4.10. The first kappa shape index (κ1) is 13.9. The number of nitrogens with zero attached hydrogens (tertiary/aromatic N) is 1. The molecule has 21 heavy (non-hydrogen) atoms. The van der Waals surface area contributed by atoms with Crippen molar-refractivity contribution in [3.05, 3.63) is 64.2 Å². The molecule has 0 spiro atoms. The highest BCUT2D eigenvalue weighted by atomic mass is 35.5. The van der Waals surface area contributed by atoms with Gasteiger partial charge in [-0.1, -0.05) is 23.7 Å². The summed E-state index contributed by atoms with van der Waals surface area (Å²) in [5.41, 5.74) is 3.02. The summed E-state index contributed by atoms with van der Waals surface area (Å²) in [5.74, 6) is 0.935. The number of nitrogens with one attached hydrogen (secondary N) is 1. The van der Waals surface area contributed by atoms with Crippen LogP contribution in [0.1, 0.15) is 16.7 Å². The summed E-state index contributed by atoms with van der Waals surface area (Å²) in [4.78, 5) is 0. The molecule has 0 amide bonds. The molecule has 106 valence electrons. The van der Waals surface area contributed by atoms with Gasteiger partial charge in [0.05, 0.1) is 11.6 Å². The van der Waals surface area contributed by atoms with Crippen molar-refractivity contribution < 1.29 is 4.74 Å². The van der Waals surface area contributed by atoms with Crippen molar-refractivity contribution in [3.8, 4) is 11.8 Å². The third-order valence-electron chi connectivity index (χ3n) is 3.55. The van der Waals surface area contributed by atoms with Crippen LogP contribution in [0.2, 0.25) is 5.02 Å². The second kappa shape index (κ2) is 6.17. The van der Waals surface area contributed by atoms with Gasteiger partial charge in [-0.2, -0.15) is 5.26 Å². The first-order chi connectivity index (χ1) is 10.2. The highest BCUT2D eigenvalue weighted by Gasteiger charge is 2.22. The van der Waals surface area contributed by atoms with Gasteiger partial charge in [-0.25, -0.2) is 0 Å². The summed E-state index contributed by atoms with van der Waals surface area (Å²) in [6.07, 6.45) is 1.04. The minimum Gasteiger partial charge on any atom is -0.488 e. The summed E-state index contributed by atoms with van der Waals surface area (Å²) < 4.78 is 5.87. The number of rotatable bonds is 4. The van der Waals surface area contributed by atoms with Crippen LogP contribution in [0.5, 0.6) is 5.75 Å². The van der Waals surface area contributed by atoms with E-state index in [9.17, 15) is 0 Å². The molecule has 3 nitrogen and oxygen atoms in total. The molecule has 0 aromatic heterocycles. The smallest absolute Gasteiger partial charge is 0.123 e. The van der Waals surface area contributed by atoms with Crippen molar-refractivity contribution in [1.82, 2.24) is 5.32 Å². The number of halogens is 1. The van der Waals surface area contributed by atoms with Gasteiger partial charge in [0.1, 0.15) is 11.9 Å². The third-order valence-corrected chi connectivity index (χ3v) is 3.78. The van der Waals surface area contributed by atoms with E-state index in [-0.39, 0.29) is 6.10 Å². The molecule has 0 bridgehead atoms. The number of fused-ring (bicyclic) bond motifs is 1. The Balaban J connectivity index is 1.50. The molecule has 0 saturated heterocycles. The molecule has 2 aromatic rings. The third kappa shape index (κ3) is 3.36. The van der Waals surface area contributed by atoms with Gasteiger partial charge < -0.3 is 10.1 Å². The van der Waals surface area contributed by atoms with Crippen LogP contribution < -0.4 is 10.1 Å². The monoisotopic (exact) mass is 298 g/mol. The number of nitriles is 1. The molecule has 0 aliphatic carbocycles. The maximum atomic E-state index is 8.76. The first-order valence-corrected chi connectivity index (χ1v) is 7.27. The van der Waals surface area contributed by atoms with E-state index in [4.69, 9.17) is 21.6 Å². The zero-order valence-electron chi connectivity index (χ0n) is 11.5. The number of benzene rings is 2. The van der Waals surface area contributed by atoms with Crippen LogP contribution >= 0.6 is 11.6 Å². The zero-order chi connectivity index (χ0) is 14.7. The Morgan fingerprint density at radius 3 is 2.81 bits per heavy atom. The molecule has 0 radical (unpaired) electrons. The number of hydrogen-bond donors (Lipinski definition) is 1. The minimum atomic E-state index is 0.150. The summed E-state index contributed by atoms with van der Waals surface area (Å²) in [6, 6.07) is 15.5. The van der Waals surface area contributed by atoms with Crippen molar-refractivity contribution in [2.75, 3.05) is 6.54 Å². The van der Waals surface area contributed by atoms with Crippen LogP contribution in [0.3, 0.4) is 0 Å². The lowest BCUT2D eigenvalue weighted by Gasteiger charge is -2.12. The molecule has 1 atom stereocenters. The van der Waals surface area contributed by atoms with Gasteiger partial charge in [0.15, 0.2) is 0 Å². The fourth-order valence-electron chi connectivity index (χ4n) is 2.48. The van der Waals surface area contributed by atoms with E-state index in [1.54, 1.807) is 0 Å². The van der Waals surface area contributed by atoms with E-state index >= 15 is 0 Å². The zero-order valence-corrected chi connectivity index (χ0v) is 12.2. The van der Waals surface area contributed by atoms with Crippen molar-refractivity contribution >= 4 is 11.6 Å². The number of ether oxygens (including phenoxy) is 1. The van der Waals surface area contributed by atoms with Gasteiger partial charge >= 0.3 is 0 Å². The highest BCUT2D eigenvalue weighted by Crippen LogP contribution is 2.30. The second-order valence-electron chi connectivity index (χ2n) is 5.14. The van der Waals surface area contributed by atoms with Crippen molar-refractivity contribution in [3.63, 3.8) is 0 Å². The molecule has 3 rings (SSSR count). The van der Waals surface area contributed by atoms with Crippen LogP contribution in [0.4, 0.5) is 0 Å². The average Bonchev–Trinajstić information content (AvgIpc) is 2.89. The van der Waals surface area contributed by atoms with E-state index in [0.29, 0.717) is 5.56 Å². The fourth-order valence-corrected chi connectivity index (χ4v) is 2.67. The van der Waals surface area contributed by atoms with Crippen LogP contribution in [-0.4, -0.2) is 12.6 Å². The van der Waals surface area contributed by atoms with E-state index in [1.165, 1.54) is 5.56 Å². The fraction of sp³-hybridized carbons (Fsp3) is 0.235. The summed E-state index contributed by atoms with van der Waals surface area (Å²) in [5, 5.41) is 12.9. The Morgan fingerprint density at radius 1 is 1.24 bits per heavy atom. The van der Waals surface area contributed by atoms with Gasteiger partial charge in [0, 0.05) is 24.5 Å². The lowest BCUT2D eigenvalue weighted by atomic mass is 10.1. The Labute approximate surface area is 129 Å². The molecule has 4 heteroatoms. The van der Waals surface area contributed by atoms with Gasteiger partial charge in [0.2, 0.25) is 0 Å². The Bertz CT molecular complexity index is 676. The van der Waals surface area contributed by atoms with Gasteiger partial charge in [-0.05, 0) is 41.5 Å². The molecular formula is C17H15ClN2O. The van der Waals surface area contributed by atoms with Crippen molar-refractivity contribution in [2.24, 2.45) is 0 Å². The summed E-state index contributed by atoms with van der Waals surface area (Å²) in [7, 11) is 0. The topological polar surface area (TPSA) is 45.0 Å². The predicted molar refractivity (Wildman–Crippen MR) is 82.4 cm³/mol. The molecule has 0 saturated carbocycles. The lowest BCUT2D eigenvalue weighted by molar-refractivity contribution is 0.227. The molecule has 0 fully saturated rings. The SMILES string of the molecule is N#Cc1ccc(CNCC2Cc3cc(Cl)ccc3O2)cc1. The van der Waals surface area contributed by atoms with Gasteiger partial charge in [-0.3, -0.25) is 0 Å². The maximum absolute atomic E-state index is 8.76. The predicted octanol–water partition coefficient (Wildman–Crippen LogP) is 3.30. The van der Waals surface area contributed by atoms with Crippen LogP contribution in [0.25, 0.3) is 0 Å². The normalized spacial score (nSPS) is 16.1. The van der Waals surface area contributed by atoms with Gasteiger partial charge in [0.25, 0.3) is 0 Å². The quantitative estimate of drug-likeness (QED) is 0.942. The standard InChI is InChI=1S/C17H15ClN2O/c18-15-5-6-17-14(7-15)8-16(21-17)11-20-10-13-3-1-12(9-19)2-4-13/h1-7,16,20H,8,10-11H2. The number of hydrogen-bond acceptors (Lipinski definition) is 3. The van der Waals surface area contributed by atoms with Crippen molar-refractivity contribution in [2.45, 2.75) is 19.1 Å². The van der Waals surface area contributed by atoms with Crippen LogP contribution in [0, 0.1) is 11.3 Å². The van der Waals surface area contributed by atoms with E-state index in [1.807, 2.05) is 42.5 Å². The first-order valence-electron chi connectivity index (χ1n) is 6.89. The van der Waals surface area contributed by atoms with Crippen molar-refractivity contribution in [1.29, 1.82) is 5.26 Å². The summed E-state index contributed by atoms with van der Waals surface area (Å²) >= 11 is 5.99. The molecule has 1 aliphatic rings. The summed E-state index contributed by atoms with van der Waals surface area (Å²) in [6.45, 7) is 1.55. The van der Waals surface area contributed by atoms with Crippen LogP contribution in [0.15, 0.2) is 42.5 Å². The van der Waals surface area contributed by atoms with E-state index in [0.717, 1.165) is 35.8 Å². The molecule has 1 heterocycles. The molecule has 2 aromatic carbocycles. The maximum Gasteiger partial charge on any atom is 0.123 e. The van der Waals surface area contributed by atoms with Crippen LogP contribution in [-0.2, 0) is 13.0 Å². The van der Waals surface area contributed by atoms with E-state index < -0.39 is 0 Å². The highest BCUT2D eigenvalue weighted by molar-refractivity contribution is 6.30. The molecule has 1 N–H and O–H groups in total. The lowest BCUT2D eigenvalue weighted by Crippen LogP contribution is -2.29. The minimum absolute atomic E-state index is 0.150. The molecule has 1 aliphatic heterocycles. The Morgan fingerprint density at radius 2 is 2.05 bits per heavy atom. The van der Waals surface area contributed by atoms with Gasteiger partial charge in [-0.15, -0.1) is 0 Å². The van der Waals surface area contributed by atoms with E-state index in [2.05, 4.69) is 11.4 Å². The Hall–Kier alpha value is -2.02.